The molecule has 0 amide bonds. The zero-order valence-corrected chi connectivity index (χ0v) is 9.93. The Kier molecular flexibility index (Phi) is 3.39. The summed E-state index contributed by atoms with van der Waals surface area (Å²) in [5.41, 5.74) is 0.488. The summed E-state index contributed by atoms with van der Waals surface area (Å²) in [6.45, 7) is 13.0. The fourth-order valence-electron chi connectivity index (χ4n) is 2.15. The Balaban J connectivity index is 2.35. The topological polar surface area (TPSA) is 3.24 Å². The summed E-state index contributed by atoms with van der Waals surface area (Å²) in [6.07, 6.45) is 4.11. The molecule has 0 aliphatic carbocycles. The van der Waals surface area contributed by atoms with E-state index in [-0.39, 0.29) is 0 Å². The molecule has 1 rings (SSSR count). The molecule has 0 spiro atoms. The van der Waals surface area contributed by atoms with Gasteiger partial charge < -0.3 is 0 Å². The third kappa shape index (κ3) is 3.30. The van der Waals surface area contributed by atoms with Crippen LogP contribution in [-0.2, 0) is 0 Å². The number of likely N-dealkylation sites (tertiary alicyclic amines) is 1. The summed E-state index contributed by atoms with van der Waals surface area (Å²) in [4.78, 5) is 2.67. The fourth-order valence-corrected chi connectivity index (χ4v) is 2.15. The second-order valence-corrected chi connectivity index (χ2v) is 5.82. The maximum atomic E-state index is 2.67. The predicted molar refractivity (Wildman–Crippen MR) is 58.9 cm³/mol. The minimum atomic E-state index is 0.488. The van der Waals surface area contributed by atoms with E-state index in [0.717, 1.165) is 12.1 Å². The van der Waals surface area contributed by atoms with Crippen molar-refractivity contribution in [3.05, 3.63) is 0 Å². The summed E-state index contributed by atoms with van der Waals surface area (Å²) in [6, 6.07) is 1.63. The van der Waals surface area contributed by atoms with Crippen LogP contribution in [-0.4, -0.2) is 23.5 Å². The van der Waals surface area contributed by atoms with E-state index >= 15 is 0 Å². The van der Waals surface area contributed by atoms with Gasteiger partial charge in [-0.05, 0) is 45.1 Å². The number of hydrogen-bond donors (Lipinski definition) is 0. The highest BCUT2D eigenvalue weighted by Crippen LogP contribution is 2.26. The molecule has 0 radical (unpaired) electrons. The number of rotatable bonds is 2. The van der Waals surface area contributed by atoms with E-state index in [1.807, 2.05) is 0 Å². The van der Waals surface area contributed by atoms with Crippen molar-refractivity contribution < 1.29 is 0 Å². The first-order valence-electron chi connectivity index (χ1n) is 5.66. The zero-order chi connectivity index (χ0) is 10.1. The van der Waals surface area contributed by atoms with Crippen molar-refractivity contribution >= 4 is 0 Å². The van der Waals surface area contributed by atoms with Gasteiger partial charge in [0.15, 0.2) is 0 Å². The molecule has 0 saturated carbocycles. The van der Waals surface area contributed by atoms with Crippen LogP contribution in [0.25, 0.3) is 0 Å². The monoisotopic (exact) mass is 183 g/mol. The summed E-state index contributed by atoms with van der Waals surface area (Å²) in [5, 5.41) is 0. The second kappa shape index (κ2) is 4.00. The average Bonchev–Trinajstić information content (AvgIpc) is 2.27. The highest BCUT2D eigenvalue weighted by Gasteiger charge is 2.27. The zero-order valence-electron chi connectivity index (χ0n) is 9.93. The van der Waals surface area contributed by atoms with Crippen LogP contribution in [0.15, 0.2) is 0 Å². The van der Waals surface area contributed by atoms with Crippen LogP contribution < -0.4 is 0 Å². The lowest BCUT2D eigenvalue weighted by molar-refractivity contribution is 0.182. The number of hydrogen-bond acceptors (Lipinski definition) is 1. The van der Waals surface area contributed by atoms with Crippen molar-refractivity contribution in [3.63, 3.8) is 0 Å². The standard InChI is InChI=1S/C12H25N/c1-10-6-7-11(2)13(10)9-8-12(3,4)5/h10-11H,6-9H2,1-5H3. The molecule has 13 heavy (non-hydrogen) atoms. The SMILES string of the molecule is CC1CCC(C)N1CCC(C)(C)C. The van der Waals surface area contributed by atoms with Gasteiger partial charge in [0, 0.05) is 12.1 Å². The Bertz CT molecular complexity index is 147. The molecule has 1 nitrogen and oxygen atoms in total. The molecule has 2 unspecified atom stereocenters. The molecule has 0 bridgehead atoms. The van der Waals surface area contributed by atoms with E-state index in [1.165, 1.54) is 25.8 Å². The number of nitrogens with zero attached hydrogens (tertiary/aromatic N) is 1. The Morgan fingerprint density at radius 2 is 1.54 bits per heavy atom. The van der Waals surface area contributed by atoms with Crippen LogP contribution in [0.3, 0.4) is 0 Å². The summed E-state index contributed by atoms with van der Waals surface area (Å²) < 4.78 is 0. The molecular weight excluding hydrogens is 158 g/mol. The van der Waals surface area contributed by atoms with Gasteiger partial charge in [0.1, 0.15) is 0 Å². The minimum absolute atomic E-state index is 0.488. The highest BCUT2D eigenvalue weighted by atomic mass is 15.2. The molecule has 2 atom stereocenters. The van der Waals surface area contributed by atoms with Crippen molar-refractivity contribution in [2.45, 2.75) is 66.0 Å². The lowest BCUT2D eigenvalue weighted by atomic mass is 9.92. The van der Waals surface area contributed by atoms with Gasteiger partial charge in [-0.3, -0.25) is 4.90 Å². The highest BCUT2D eigenvalue weighted by molar-refractivity contribution is 4.82. The van der Waals surface area contributed by atoms with Crippen molar-refractivity contribution in [3.8, 4) is 0 Å². The van der Waals surface area contributed by atoms with Crippen molar-refractivity contribution in [2.24, 2.45) is 5.41 Å². The average molecular weight is 183 g/mol. The Labute approximate surface area is 83.5 Å². The van der Waals surface area contributed by atoms with Crippen LogP contribution in [0.5, 0.6) is 0 Å². The lowest BCUT2D eigenvalue weighted by Crippen LogP contribution is -2.35. The molecule has 1 saturated heterocycles. The van der Waals surface area contributed by atoms with Gasteiger partial charge in [-0.1, -0.05) is 20.8 Å². The summed E-state index contributed by atoms with van der Waals surface area (Å²) in [7, 11) is 0. The first-order valence-corrected chi connectivity index (χ1v) is 5.66. The molecule has 1 aliphatic rings. The van der Waals surface area contributed by atoms with Gasteiger partial charge in [0.2, 0.25) is 0 Å². The van der Waals surface area contributed by atoms with Crippen molar-refractivity contribution in [1.82, 2.24) is 4.90 Å². The van der Waals surface area contributed by atoms with Crippen molar-refractivity contribution in [2.75, 3.05) is 6.54 Å². The molecule has 0 aromatic rings. The van der Waals surface area contributed by atoms with E-state index in [9.17, 15) is 0 Å². The fraction of sp³-hybridized carbons (Fsp3) is 1.00. The Hall–Kier alpha value is -0.0400. The first kappa shape index (κ1) is 11.0. The smallest absolute Gasteiger partial charge is 0.00703 e. The van der Waals surface area contributed by atoms with E-state index in [2.05, 4.69) is 39.5 Å². The van der Waals surface area contributed by atoms with Crippen LogP contribution in [0.1, 0.15) is 53.9 Å². The third-order valence-electron chi connectivity index (χ3n) is 3.25. The largest absolute Gasteiger partial charge is 0.298 e. The van der Waals surface area contributed by atoms with E-state index < -0.39 is 0 Å². The molecule has 1 aliphatic heterocycles. The third-order valence-corrected chi connectivity index (χ3v) is 3.25. The summed E-state index contributed by atoms with van der Waals surface area (Å²) >= 11 is 0. The maximum absolute atomic E-state index is 2.67. The lowest BCUT2D eigenvalue weighted by Gasteiger charge is -2.29. The first-order chi connectivity index (χ1) is 5.90. The molecule has 1 heterocycles. The van der Waals surface area contributed by atoms with Gasteiger partial charge in [0.05, 0.1) is 0 Å². The summed E-state index contributed by atoms with van der Waals surface area (Å²) in [5.74, 6) is 0. The maximum Gasteiger partial charge on any atom is 0.00703 e. The Morgan fingerprint density at radius 3 is 1.92 bits per heavy atom. The van der Waals surface area contributed by atoms with E-state index in [1.54, 1.807) is 0 Å². The quantitative estimate of drug-likeness (QED) is 0.635. The van der Waals surface area contributed by atoms with Gasteiger partial charge in [-0.15, -0.1) is 0 Å². The molecule has 1 fully saturated rings. The molecular formula is C12H25N. The molecule has 0 aromatic heterocycles. The molecule has 78 valence electrons. The van der Waals surface area contributed by atoms with Gasteiger partial charge in [-0.25, -0.2) is 0 Å². The van der Waals surface area contributed by atoms with Crippen LogP contribution >= 0.6 is 0 Å². The minimum Gasteiger partial charge on any atom is -0.298 e. The van der Waals surface area contributed by atoms with E-state index in [0.29, 0.717) is 5.41 Å². The van der Waals surface area contributed by atoms with Crippen molar-refractivity contribution in [1.29, 1.82) is 0 Å². The molecule has 0 N–H and O–H groups in total. The molecule has 0 aromatic carbocycles. The predicted octanol–water partition coefficient (Wildman–Crippen LogP) is 3.30. The van der Waals surface area contributed by atoms with Gasteiger partial charge in [0.25, 0.3) is 0 Å². The van der Waals surface area contributed by atoms with Crippen LogP contribution in [0, 0.1) is 5.41 Å². The van der Waals surface area contributed by atoms with Crippen LogP contribution in [0.2, 0.25) is 0 Å². The normalized spacial score (nSPS) is 31.2. The van der Waals surface area contributed by atoms with Crippen LogP contribution in [0.4, 0.5) is 0 Å². The van der Waals surface area contributed by atoms with Gasteiger partial charge in [-0.2, -0.15) is 0 Å². The van der Waals surface area contributed by atoms with E-state index in [4.69, 9.17) is 0 Å². The van der Waals surface area contributed by atoms with Gasteiger partial charge >= 0.3 is 0 Å². The molecule has 1 heteroatoms. The Morgan fingerprint density at radius 1 is 1.08 bits per heavy atom. The second-order valence-electron chi connectivity index (χ2n) is 5.82.